The van der Waals surface area contributed by atoms with Crippen LogP contribution >= 0.6 is 12.4 Å². The molecule has 0 aliphatic carbocycles. The van der Waals surface area contributed by atoms with Gasteiger partial charge in [0.05, 0.1) is 0 Å². The highest BCUT2D eigenvalue weighted by Crippen LogP contribution is 2.15. The van der Waals surface area contributed by atoms with Gasteiger partial charge in [0.25, 0.3) is 5.78 Å². The smallest absolute Gasteiger partial charge is 0.252 e. The fraction of sp³-hybridized carbons (Fsp3) is 0.571. The monoisotopic (exact) mass is 326 g/mol. The standard InChI is InChI=1S/C14H22N6O.ClH/c1-9(7-15)19(4)13(21)6-5-12-10(2)18-14-16-8-17-20(14)11(12)3;/h8-9H,5-7,15H2,1-4H3;1H. The first kappa shape index (κ1) is 18.3. The molecule has 0 saturated heterocycles. The Hall–Kier alpha value is -1.73. The molecule has 22 heavy (non-hydrogen) atoms. The first-order valence-electron chi connectivity index (χ1n) is 7.07. The predicted octanol–water partition coefficient (Wildman–Crippen LogP) is 0.901. The molecule has 1 amide bonds. The normalized spacial score (nSPS) is 12.0. The van der Waals surface area contributed by atoms with Crippen molar-refractivity contribution in [3.63, 3.8) is 0 Å². The zero-order valence-corrected chi connectivity index (χ0v) is 14.2. The molecular formula is C14H23ClN6O. The average molecular weight is 327 g/mol. The van der Waals surface area contributed by atoms with E-state index in [9.17, 15) is 4.79 Å². The number of hydrogen-bond acceptors (Lipinski definition) is 5. The Morgan fingerprint density at radius 3 is 2.77 bits per heavy atom. The molecule has 0 saturated carbocycles. The third-order valence-electron chi connectivity index (χ3n) is 3.97. The number of hydrogen-bond donors (Lipinski definition) is 1. The lowest BCUT2D eigenvalue weighted by atomic mass is 10.1. The second kappa shape index (κ2) is 7.51. The van der Waals surface area contributed by atoms with Gasteiger partial charge in [-0.15, -0.1) is 12.4 Å². The highest BCUT2D eigenvalue weighted by molar-refractivity contribution is 5.85. The van der Waals surface area contributed by atoms with Crippen LogP contribution < -0.4 is 5.73 Å². The molecule has 2 N–H and O–H groups in total. The Kier molecular flexibility index (Phi) is 6.25. The lowest BCUT2D eigenvalue weighted by Crippen LogP contribution is -2.39. The Balaban J connectivity index is 0.00000242. The van der Waals surface area contributed by atoms with Crippen molar-refractivity contribution in [2.24, 2.45) is 5.73 Å². The molecule has 122 valence electrons. The Morgan fingerprint density at radius 1 is 1.45 bits per heavy atom. The second-order valence-electron chi connectivity index (χ2n) is 5.32. The Morgan fingerprint density at radius 2 is 2.14 bits per heavy atom. The van der Waals surface area contributed by atoms with Crippen LogP contribution in [0.1, 0.15) is 30.3 Å². The molecule has 2 aromatic heterocycles. The number of carbonyl (C=O) groups is 1. The molecular weight excluding hydrogens is 304 g/mol. The number of carbonyl (C=O) groups excluding carboxylic acids is 1. The van der Waals surface area contributed by atoms with E-state index >= 15 is 0 Å². The minimum Gasteiger partial charge on any atom is -0.342 e. The lowest BCUT2D eigenvalue weighted by Gasteiger charge is -2.23. The summed E-state index contributed by atoms with van der Waals surface area (Å²) in [7, 11) is 1.79. The van der Waals surface area contributed by atoms with E-state index in [-0.39, 0.29) is 24.4 Å². The molecule has 1 atom stereocenters. The zero-order chi connectivity index (χ0) is 15.6. The van der Waals surface area contributed by atoms with Crippen molar-refractivity contribution in [3.8, 4) is 0 Å². The molecule has 0 aliphatic heterocycles. The van der Waals surface area contributed by atoms with Gasteiger partial charge in [-0.1, -0.05) is 0 Å². The number of fused-ring (bicyclic) bond motifs is 1. The van der Waals surface area contributed by atoms with E-state index in [0.717, 1.165) is 17.0 Å². The van der Waals surface area contributed by atoms with Gasteiger partial charge in [0.1, 0.15) is 6.33 Å². The van der Waals surface area contributed by atoms with Crippen LogP contribution in [0.15, 0.2) is 6.33 Å². The molecule has 0 aromatic carbocycles. The summed E-state index contributed by atoms with van der Waals surface area (Å²) in [6.07, 6.45) is 2.56. The summed E-state index contributed by atoms with van der Waals surface area (Å²) in [6, 6.07) is 0.0515. The number of aryl methyl sites for hydroxylation is 2. The molecule has 0 aliphatic rings. The van der Waals surface area contributed by atoms with Crippen molar-refractivity contribution >= 4 is 24.1 Å². The molecule has 0 fully saturated rings. The van der Waals surface area contributed by atoms with Gasteiger partial charge in [-0.25, -0.2) is 9.50 Å². The summed E-state index contributed by atoms with van der Waals surface area (Å²) < 4.78 is 1.71. The van der Waals surface area contributed by atoms with E-state index in [0.29, 0.717) is 25.2 Å². The molecule has 7 nitrogen and oxygen atoms in total. The van der Waals surface area contributed by atoms with Crippen LogP contribution in [0.2, 0.25) is 0 Å². The number of likely N-dealkylation sites (N-methyl/N-ethyl adjacent to an activating group) is 1. The zero-order valence-electron chi connectivity index (χ0n) is 13.4. The van der Waals surface area contributed by atoms with E-state index in [1.54, 1.807) is 16.5 Å². The molecule has 2 aromatic rings. The van der Waals surface area contributed by atoms with Crippen LogP contribution in [0.5, 0.6) is 0 Å². The van der Waals surface area contributed by atoms with Gasteiger partial charge in [0.15, 0.2) is 0 Å². The fourth-order valence-electron chi connectivity index (χ4n) is 2.33. The van der Waals surface area contributed by atoms with Crippen molar-refractivity contribution in [1.29, 1.82) is 0 Å². The van der Waals surface area contributed by atoms with Crippen LogP contribution in [0, 0.1) is 13.8 Å². The van der Waals surface area contributed by atoms with E-state index < -0.39 is 0 Å². The van der Waals surface area contributed by atoms with E-state index in [2.05, 4.69) is 15.1 Å². The van der Waals surface area contributed by atoms with Gasteiger partial charge in [-0.2, -0.15) is 10.1 Å². The maximum atomic E-state index is 12.2. The van der Waals surface area contributed by atoms with Crippen molar-refractivity contribution < 1.29 is 4.79 Å². The van der Waals surface area contributed by atoms with Gasteiger partial charge in [0.2, 0.25) is 5.91 Å². The number of amides is 1. The highest BCUT2D eigenvalue weighted by Gasteiger charge is 2.17. The summed E-state index contributed by atoms with van der Waals surface area (Å²) in [4.78, 5) is 22.4. The van der Waals surface area contributed by atoms with Gasteiger partial charge in [-0.05, 0) is 32.8 Å². The lowest BCUT2D eigenvalue weighted by molar-refractivity contribution is -0.131. The highest BCUT2D eigenvalue weighted by atomic mass is 35.5. The number of aromatic nitrogens is 4. The van der Waals surface area contributed by atoms with Crippen molar-refractivity contribution in [3.05, 3.63) is 23.3 Å². The van der Waals surface area contributed by atoms with Crippen molar-refractivity contribution in [2.45, 2.75) is 39.7 Å². The SMILES string of the molecule is Cc1nc2ncnn2c(C)c1CCC(=O)N(C)C(C)CN.Cl. The maximum absolute atomic E-state index is 12.2. The minimum atomic E-state index is 0. The first-order chi connectivity index (χ1) is 9.95. The van der Waals surface area contributed by atoms with E-state index in [4.69, 9.17) is 5.73 Å². The van der Waals surface area contributed by atoms with Crippen LogP contribution in [0.3, 0.4) is 0 Å². The van der Waals surface area contributed by atoms with Crippen LogP contribution in [-0.4, -0.2) is 50.0 Å². The second-order valence-corrected chi connectivity index (χ2v) is 5.32. The molecule has 8 heteroatoms. The maximum Gasteiger partial charge on any atom is 0.252 e. The summed E-state index contributed by atoms with van der Waals surface area (Å²) in [5.41, 5.74) is 8.53. The summed E-state index contributed by atoms with van der Waals surface area (Å²) >= 11 is 0. The van der Waals surface area contributed by atoms with Crippen LogP contribution in [-0.2, 0) is 11.2 Å². The fourth-order valence-corrected chi connectivity index (χ4v) is 2.33. The molecule has 0 spiro atoms. The van der Waals surface area contributed by atoms with Gasteiger partial charge >= 0.3 is 0 Å². The quantitative estimate of drug-likeness (QED) is 0.881. The number of halogens is 1. The van der Waals surface area contributed by atoms with Gasteiger partial charge in [-0.3, -0.25) is 4.79 Å². The number of rotatable bonds is 5. The summed E-state index contributed by atoms with van der Waals surface area (Å²) in [5.74, 6) is 0.680. The topological polar surface area (TPSA) is 89.4 Å². The van der Waals surface area contributed by atoms with Gasteiger partial charge < -0.3 is 10.6 Å². The van der Waals surface area contributed by atoms with E-state index in [1.165, 1.54) is 6.33 Å². The predicted molar refractivity (Wildman–Crippen MR) is 87.1 cm³/mol. The Labute approximate surface area is 136 Å². The number of nitrogens with zero attached hydrogens (tertiary/aromatic N) is 5. The third-order valence-corrected chi connectivity index (χ3v) is 3.97. The molecule has 1 unspecified atom stereocenters. The first-order valence-corrected chi connectivity index (χ1v) is 7.07. The van der Waals surface area contributed by atoms with Crippen LogP contribution in [0.4, 0.5) is 0 Å². The largest absolute Gasteiger partial charge is 0.342 e. The molecule has 0 radical (unpaired) electrons. The molecule has 2 rings (SSSR count). The van der Waals surface area contributed by atoms with Gasteiger partial charge in [0, 0.05) is 37.4 Å². The molecule has 2 heterocycles. The van der Waals surface area contributed by atoms with Crippen LogP contribution in [0.25, 0.3) is 5.78 Å². The van der Waals surface area contributed by atoms with E-state index in [1.807, 2.05) is 20.8 Å². The van der Waals surface area contributed by atoms with Crippen molar-refractivity contribution in [2.75, 3.05) is 13.6 Å². The third kappa shape index (κ3) is 3.53. The average Bonchev–Trinajstić information content (AvgIpc) is 2.93. The van der Waals surface area contributed by atoms with Crippen molar-refractivity contribution in [1.82, 2.24) is 24.5 Å². The Bertz CT molecular complexity index is 656. The minimum absolute atomic E-state index is 0. The summed E-state index contributed by atoms with van der Waals surface area (Å²) in [6.45, 7) is 6.32. The number of nitrogens with two attached hydrogens (primary N) is 1. The summed E-state index contributed by atoms with van der Waals surface area (Å²) in [5, 5.41) is 4.15. The molecule has 0 bridgehead atoms.